The number of aromatic nitrogens is 1. The van der Waals surface area contributed by atoms with Crippen molar-refractivity contribution < 1.29 is 4.74 Å². The number of thiazole rings is 1. The second-order valence-corrected chi connectivity index (χ2v) is 9.25. The van der Waals surface area contributed by atoms with E-state index in [4.69, 9.17) is 32.9 Å². The van der Waals surface area contributed by atoms with E-state index in [9.17, 15) is 0 Å². The fraction of sp³-hybridized carbons (Fsp3) is 0.136. The zero-order valence-corrected chi connectivity index (χ0v) is 20.9. The Bertz CT molecular complexity index is 1170. The first kappa shape index (κ1) is 23.1. The van der Waals surface area contributed by atoms with Crippen LogP contribution in [0.5, 0.6) is 5.75 Å². The van der Waals surface area contributed by atoms with Gasteiger partial charge in [-0.3, -0.25) is 0 Å². The molecule has 3 nitrogen and oxygen atoms in total. The Balaban J connectivity index is 0.00000256. The molecule has 8 heteroatoms. The van der Waals surface area contributed by atoms with Crippen molar-refractivity contribution >= 4 is 68.5 Å². The predicted octanol–water partition coefficient (Wildman–Crippen LogP) is 7.84. The molecule has 30 heavy (non-hydrogen) atoms. The third-order valence-corrected chi connectivity index (χ3v) is 6.62. The highest BCUT2D eigenvalue weighted by molar-refractivity contribution is 8.93. The second-order valence-electron chi connectivity index (χ2n) is 6.26. The number of hydrogen-bond donors (Lipinski definition) is 0. The normalized spacial score (nSPS) is 11.4. The fourth-order valence-electron chi connectivity index (χ4n) is 2.89. The summed E-state index contributed by atoms with van der Waals surface area (Å²) in [5, 5.41) is 2.86. The summed E-state index contributed by atoms with van der Waals surface area (Å²) in [4.78, 5) is 6.92. The Labute approximate surface area is 204 Å². The molecule has 2 heterocycles. The number of benzene rings is 2. The van der Waals surface area contributed by atoms with E-state index in [2.05, 4.69) is 9.95 Å². The van der Waals surface area contributed by atoms with Crippen LogP contribution in [0.1, 0.15) is 12.5 Å². The van der Waals surface area contributed by atoms with Gasteiger partial charge in [0.05, 0.1) is 33.7 Å². The molecular weight excluding hydrogens is 523 g/mol. The van der Waals surface area contributed by atoms with Gasteiger partial charge in [0.1, 0.15) is 5.75 Å². The molecule has 0 N–H and O–H groups in total. The minimum atomic E-state index is 0. The summed E-state index contributed by atoms with van der Waals surface area (Å²) >= 11 is 15.4. The van der Waals surface area contributed by atoms with Gasteiger partial charge in [-0.05, 0) is 61.0 Å². The van der Waals surface area contributed by atoms with Crippen molar-refractivity contribution in [3.05, 3.63) is 85.8 Å². The summed E-state index contributed by atoms with van der Waals surface area (Å²) in [5.41, 5.74) is 3.15. The zero-order valence-electron chi connectivity index (χ0n) is 16.0. The van der Waals surface area contributed by atoms with E-state index in [1.54, 1.807) is 22.7 Å². The smallest absolute Gasteiger partial charge is 0.190 e. The van der Waals surface area contributed by atoms with E-state index >= 15 is 0 Å². The molecule has 0 aliphatic carbocycles. The van der Waals surface area contributed by atoms with Gasteiger partial charge < -0.3 is 9.30 Å². The lowest BCUT2D eigenvalue weighted by atomic mass is 10.2. The molecule has 4 aromatic rings. The van der Waals surface area contributed by atoms with Gasteiger partial charge in [0.2, 0.25) is 0 Å². The largest absolute Gasteiger partial charge is 0.494 e. The molecule has 156 valence electrons. The van der Waals surface area contributed by atoms with Crippen LogP contribution in [0.25, 0.3) is 10.6 Å². The number of ether oxygens (including phenoxy) is 1. The van der Waals surface area contributed by atoms with E-state index in [1.165, 1.54) is 0 Å². The van der Waals surface area contributed by atoms with Crippen LogP contribution in [0.4, 0.5) is 5.69 Å². The number of halogens is 3. The SMILES string of the molecule is Br.CCOc1ccc(N=c2scc(-c3ccc(Cl)s3)n2Cc2ccc(Cl)cc2)cc1. The highest BCUT2D eigenvalue weighted by Gasteiger charge is 2.11. The van der Waals surface area contributed by atoms with Gasteiger partial charge in [0.25, 0.3) is 0 Å². The number of nitrogens with zero attached hydrogens (tertiary/aromatic N) is 2. The van der Waals surface area contributed by atoms with E-state index in [1.807, 2.05) is 67.6 Å². The fourth-order valence-corrected chi connectivity index (χ4v) is 5.08. The summed E-state index contributed by atoms with van der Waals surface area (Å²) < 4.78 is 8.51. The first-order valence-corrected chi connectivity index (χ1v) is 11.5. The minimum Gasteiger partial charge on any atom is -0.494 e. The molecule has 0 fully saturated rings. The highest BCUT2D eigenvalue weighted by atomic mass is 79.9. The average Bonchev–Trinajstić information content (AvgIpc) is 3.32. The van der Waals surface area contributed by atoms with E-state index in [0.717, 1.165) is 41.7 Å². The lowest BCUT2D eigenvalue weighted by Gasteiger charge is -2.08. The quantitative estimate of drug-likeness (QED) is 0.244. The van der Waals surface area contributed by atoms with Crippen molar-refractivity contribution in [3.63, 3.8) is 0 Å². The van der Waals surface area contributed by atoms with Crippen molar-refractivity contribution in [2.45, 2.75) is 13.5 Å². The van der Waals surface area contributed by atoms with Crippen molar-refractivity contribution in [1.82, 2.24) is 4.57 Å². The van der Waals surface area contributed by atoms with Gasteiger partial charge in [0.15, 0.2) is 4.80 Å². The second kappa shape index (κ2) is 10.6. The molecule has 4 rings (SSSR count). The third-order valence-electron chi connectivity index (χ3n) is 4.25. The average molecular weight is 542 g/mol. The van der Waals surface area contributed by atoms with Crippen LogP contribution in [0.15, 0.2) is 71.0 Å². The maximum atomic E-state index is 6.18. The molecule has 0 saturated carbocycles. The molecule has 0 saturated heterocycles. The molecule has 0 aliphatic rings. The van der Waals surface area contributed by atoms with Gasteiger partial charge in [-0.1, -0.05) is 35.3 Å². The Hall–Kier alpha value is -1.57. The van der Waals surface area contributed by atoms with Crippen molar-refractivity contribution in [1.29, 1.82) is 0 Å². The number of thiophene rings is 1. The topological polar surface area (TPSA) is 26.5 Å². The van der Waals surface area contributed by atoms with E-state index < -0.39 is 0 Å². The van der Waals surface area contributed by atoms with Gasteiger partial charge in [0, 0.05) is 10.4 Å². The molecular formula is C22H19BrCl2N2OS2. The Morgan fingerprint density at radius 3 is 2.33 bits per heavy atom. The molecule has 0 radical (unpaired) electrons. The van der Waals surface area contributed by atoms with Crippen LogP contribution in [-0.4, -0.2) is 11.2 Å². The first-order valence-electron chi connectivity index (χ1n) is 9.08. The molecule has 0 unspecified atom stereocenters. The van der Waals surface area contributed by atoms with Crippen molar-refractivity contribution in [2.75, 3.05) is 6.61 Å². The number of hydrogen-bond acceptors (Lipinski definition) is 4. The van der Waals surface area contributed by atoms with Crippen LogP contribution in [0, 0.1) is 0 Å². The maximum Gasteiger partial charge on any atom is 0.190 e. The Kier molecular flexibility index (Phi) is 8.20. The lowest BCUT2D eigenvalue weighted by Crippen LogP contribution is -2.16. The monoisotopic (exact) mass is 540 g/mol. The highest BCUT2D eigenvalue weighted by Crippen LogP contribution is 2.32. The molecule has 0 spiro atoms. The van der Waals surface area contributed by atoms with Gasteiger partial charge in [-0.2, -0.15) is 0 Å². The summed E-state index contributed by atoms with van der Waals surface area (Å²) in [7, 11) is 0. The van der Waals surface area contributed by atoms with Gasteiger partial charge in [-0.25, -0.2) is 4.99 Å². The summed E-state index contributed by atoms with van der Waals surface area (Å²) in [6.07, 6.45) is 0. The molecule has 2 aromatic heterocycles. The van der Waals surface area contributed by atoms with E-state index in [-0.39, 0.29) is 17.0 Å². The number of rotatable bonds is 6. The van der Waals surface area contributed by atoms with Gasteiger partial charge >= 0.3 is 0 Å². The lowest BCUT2D eigenvalue weighted by molar-refractivity contribution is 0.340. The Morgan fingerprint density at radius 1 is 0.967 bits per heavy atom. The van der Waals surface area contributed by atoms with Crippen LogP contribution < -0.4 is 9.54 Å². The minimum absolute atomic E-state index is 0. The third kappa shape index (κ3) is 5.56. The Morgan fingerprint density at radius 2 is 1.70 bits per heavy atom. The van der Waals surface area contributed by atoms with Crippen LogP contribution in [0.3, 0.4) is 0 Å². The van der Waals surface area contributed by atoms with Crippen molar-refractivity contribution in [2.24, 2.45) is 4.99 Å². The zero-order chi connectivity index (χ0) is 20.2. The predicted molar refractivity (Wildman–Crippen MR) is 134 cm³/mol. The molecule has 2 aromatic carbocycles. The summed E-state index contributed by atoms with van der Waals surface area (Å²) in [6, 6.07) is 19.7. The van der Waals surface area contributed by atoms with Crippen LogP contribution in [-0.2, 0) is 6.54 Å². The first-order chi connectivity index (χ1) is 14.1. The van der Waals surface area contributed by atoms with Crippen LogP contribution >= 0.6 is 62.9 Å². The van der Waals surface area contributed by atoms with Crippen LogP contribution in [0.2, 0.25) is 9.36 Å². The van der Waals surface area contributed by atoms with Crippen molar-refractivity contribution in [3.8, 4) is 16.3 Å². The summed E-state index contributed by atoms with van der Waals surface area (Å²) in [6.45, 7) is 3.32. The molecule has 0 atom stereocenters. The maximum absolute atomic E-state index is 6.18. The molecule has 0 aliphatic heterocycles. The molecule has 0 bridgehead atoms. The standard InChI is InChI=1S/C22H18Cl2N2OS2.BrH/c1-2-27-18-9-7-17(8-10-18)25-22-26(13-15-3-5-16(23)6-4-15)19(14-28-22)20-11-12-21(24)29-20;/h3-12,14H,2,13H2,1H3;1H. The summed E-state index contributed by atoms with van der Waals surface area (Å²) in [5.74, 6) is 0.848. The molecule has 0 amide bonds. The van der Waals surface area contributed by atoms with Gasteiger partial charge in [-0.15, -0.1) is 39.7 Å². The van der Waals surface area contributed by atoms with E-state index in [0.29, 0.717) is 13.2 Å².